The van der Waals surface area contributed by atoms with Crippen molar-refractivity contribution in [3.05, 3.63) is 60.3 Å². The maximum atomic E-state index is 12.1. The molecule has 162 valence electrons. The second kappa shape index (κ2) is 9.43. The van der Waals surface area contributed by atoms with Gasteiger partial charge in [0.2, 0.25) is 0 Å². The van der Waals surface area contributed by atoms with Crippen LogP contribution in [-0.2, 0) is 14.3 Å². The van der Waals surface area contributed by atoms with Gasteiger partial charge in [-0.25, -0.2) is 0 Å². The van der Waals surface area contributed by atoms with Gasteiger partial charge in [-0.2, -0.15) is 0 Å². The molecule has 1 aromatic heterocycles. The van der Waals surface area contributed by atoms with Crippen LogP contribution in [-0.4, -0.2) is 48.4 Å². The van der Waals surface area contributed by atoms with E-state index in [1.54, 1.807) is 19.4 Å². The topological polar surface area (TPSA) is 68.7 Å². The maximum absolute atomic E-state index is 12.1. The number of nitrogens with zero attached hydrogens (tertiary/aromatic N) is 2. The molecular weight excluding hydrogens is 392 g/mol. The normalized spacial score (nSPS) is 26.4. The van der Waals surface area contributed by atoms with Crippen molar-refractivity contribution >= 4 is 23.2 Å². The fourth-order valence-corrected chi connectivity index (χ4v) is 5.01. The van der Waals surface area contributed by atoms with Crippen LogP contribution < -0.4 is 4.74 Å². The fourth-order valence-electron chi connectivity index (χ4n) is 5.01. The monoisotopic (exact) mass is 420 g/mol. The number of carbonyl (C=O) groups excluding carboxylic acids is 2. The number of piperidine rings is 3. The Kier molecular flexibility index (Phi) is 6.47. The minimum Gasteiger partial charge on any atom is -0.497 e. The third kappa shape index (κ3) is 4.54. The highest BCUT2D eigenvalue weighted by atomic mass is 16.5. The lowest BCUT2D eigenvalue weighted by atomic mass is 9.73. The zero-order valence-corrected chi connectivity index (χ0v) is 17.9. The summed E-state index contributed by atoms with van der Waals surface area (Å²) in [6.07, 6.45) is 11.7. The van der Waals surface area contributed by atoms with Gasteiger partial charge in [-0.15, -0.1) is 0 Å². The van der Waals surface area contributed by atoms with Crippen LogP contribution in [0.1, 0.15) is 31.4 Å². The molecule has 0 spiro atoms. The molecule has 31 heavy (non-hydrogen) atoms. The Hall–Kier alpha value is -2.99. The third-order valence-electron chi connectivity index (χ3n) is 6.44. The SMILES string of the molecule is COc1ccc2nccc([C@H](OC(C)=O)C3CC4CCN3CC4/C=C\C=C\C=O)c2c1. The number of allylic oxidation sites excluding steroid dienone is 3. The van der Waals surface area contributed by atoms with Crippen molar-refractivity contribution < 1.29 is 19.1 Å². The Morgan fingerprint density at radius 2 is 2.13 bits per heavy atom. The first-order valence-corrected chi connectivity index (χ1v) is 10.7. The zero-order chi connectivity index (χ0) is 21.8. The highest BCUT2D eigenvalue weighted by Gasteiger charge is 2.44. The molecule has 3 fully saturated rings. The number of ether oxygens (including phenoxy) is 2. The summed E-state index contributed by atoms with van der Waals surface area (Å²) in [5.74, 6) is 1.43. The molecule has 6 heteroatoms. The molecule has 3 aliphatic rings. The molecular formula is C25H28N2O4. The van der Waals surface area contributed by atoms with Gasteiger partial charge < -0.3 is 9.47 Å². The molecule has 1 aromatic carbocycles. The number of benzene rings is 1. The molecule has 0 N–H and O–H groups in total. The molecule has 6 nitrogen and oxygen atoms in total. The number of carbonyl (C=O) groups is 2. The molecule has 0 amide bonds. The van der Waals surface area contributed by atoms with Crippen LogP contribution in [0.25, 0.3) is 10.9 Å². The number of rotatable bonds is 7. The number of esters is 1. The number of aromatic nitrogens is 1. The van der Waals surface area contributed by atoms with Crippen molar-refractivity contribution in [1.29, 1.82) is 0 Å². The van der Waals surface area contributed by atoms with Crippen LogP contribution in [0.5, 0.6) is 5.75 Å². The maximum Gasteiger partial charge on any atom is 0.303 e. The average Bonchev–Trinajstić information content (AvgIpc) is 2.80. The zero-order valence-electron chi connectivity index (χ0n) is 17.9. The quantitative estimate of drug-likeness (QED) is 0.293. The predicted molar refractivity (Wildman–Crippen MR) is 119 cm³/mol. The highest BCUT2D eigenvalue weighted by molar-refractivity contribution is 5.84. The molecule has 5 atom stereocenters. The van der Waals surface area contributed by atoms with Crippen molar-refractivity contribution in [3.8, 4) is 5.75 Å². The summed E-state index contributed by atoms with van der Waals surface area (Å²) < 4.78 is 11.4. The van der Waals surface area contributed by atoms with Gasteiger partial charge in [-0.1, -0.05) is 18.2 Å². The molecule has 3 aliphatic heterocycles. The predicted octanol–water partition coefficient (Wildman–Crippen LogP) is 3.87. The van der Waals surface area contributed by atoms with Gasteiger partial charge >= 0.3 is 5.97 Å². The summed E-state index contributed by atoms with van der Waals surface area (Å²) >= 11 is 0. The number of aldehydes is 1. The smallest absolute Gasteiger partial charge is 0.303 e. The summed E-state index contributed by atoms with van der Waals surface area (Å²) in [5, 5.41) is 0.950. The van der Waals surface area contributed by atoms with Crippen molar-refractivity contribution in [1.82, 2.24) is 9.88 Å². The average molecular weight is 421 g/mol. The van der Waals surface area contributed by atoms with Gasteiger partial charge in [0, 0.05) is 30.6 Å². The van der Waals surface area contributed by atoms with Crippen molar-refractivity contribution in [2.75, 3.05) is 20.2 Å². The standard InChI is InChI=1S/C25H28N2O4/c1-17(29)31-25(21-9-11-26-23-8-7-20(30-2)15-22(21)23)24-14-18-10-12-27(24)16-19(18)6-4-3-5-13-28/h3-9,11,13,15,18-19,24-25H,10,12,14,16H2,1-2H3/b5-3+,6-4-/t18?,19?,24?,25-/m0/s1. The van der Waals surface area contributed by atoms with E-state index in [0.717, 1.165) is 54.4 Å². The lowest BCUT2D eigenvalue weighted by Gasteiger charge is -2.51. The van der Waals surface area contributed by atoms with E-state index >= 15 is 0 Å². The Labute approximate surface area is 182 Å². The van der Waals surface area contributed by atoms with E-state index in [9.17, 15) is 9.59 Å². The van der Waals surface area contributed by atoms with Crippen LogP contribution in [0.15, 0.2) is 54.8 Å². The van der Waals surface area contributed by atoms with Crippen molar-refractivity contribution in [2.45, 2.75) is 31.9 Å². The molecule has 2 bridgehead atoms. The molecule has 3 saturated heterocycles. The lowest BCUT2D eigenvalue weighted by Crippen LogP contribution is -2.55. The molecule has 0 saturated carbocycles. The minimum atomic E-state index is -0.363. The van der Waals surface area contributed by atoms with E-state index in [1.165, 1.54) is 13.0 Å². The van der Waals surface area contributed by atoms with E-state index in [1.807, 2.05) is 30.3 Å². The Bertz CT molecular complexity index is 1020. The van der Waals surface area contributed by atoms with Gasteiger partial charge in [-0.05, 0) is 61.6 Å². The van der Waals surface area contributed by atoms with Crippen molar-refractivity contribution in [3.63, 3.8) is 0 Å². The van der Waals surface area contributed by atoms with Gasteiger partial charge in [0.15, 0.2) is 0 Å². The van der Waals surface area contributed by atoms with E-state index in [4.69, 9.17) is 9.47 Å². The Morgan fingerprint density at radius 1 is 1.26 bits per heavy atom. The highest BCUT2D eigenvalue weighted by Crippen LogP contribution is 2.43. The Morgan fingerprint density at radius 3 is 2.84 bits per heavy atom. The first-order valence-electron chi connectivity index (χ1n) is 10.7. The van der Waals surface area contributed by atoms with E-state index in [2.05, 4.69) is 16.0 Å². The first kappa shape index (κ1) is 21.2. The van der Waals surface area contributed by atoms with E-state index in [0.29, 0.717) is 11.8 Å². The van der Waals surface area contributed by atoms with E-state index < -0.39 is 0 Å². The molecule has 0 radical (unpaired) electrons. The van der Waals surface area contributed by atoms with Crippen LogP contribution in [0.4, 0.5) is 0 Å². The summed E-state index contributed by atoms with van der Waals surface area (Å²) in [6, 6.07) is 7.87. The van der Waals surface area contributed by atoms with Crippen molar-refractivity contribution in [2.24, 2.45) is 11.8 Å². The number of hydrogen-bond donors (Lipinski definition) is 0. The summed E-state index contributed by atoms with van der Waals surface area (Å²) in [7, 11) is 1.64. The number of hydrogen-bond acceptors (Lipinski definition) is 6. The molecule has 0 aliphatic carbocycles. The third-order valence-corrected chi connectivity index (χ3v) is 6.44. The van der Waals surface area contributed by atoms with Gasteiger partial charge in [-0.3, -0.25) is 19.5 Å². The van der Waals surface area contributed by atoms with Gasteiger partial charge in [0.25, 0.3) is 0 Å². The van der Waals surface area contributed by atoms with Gasteiger partial charge in [0.05, 0.1) is 18.7 Å². The molecule has 5 rings (SSSR count). The molecule has 4 unspecified atom stereocenters. The summed E-state index contributed by atoms with van der Waals surface area (Å²) in [4.78, 5) is 29.5. The minimum absolute atomic E-state index is 0.120. The van der Waals surface area contributed by atoms with Crippen LogP contribution in [0, 0.1) is 11.8 Å². The summed E-state index contributed by atoms with van der Waals surface area (Å²) in [5.41, 5.74) is 1.83. The fraction of sp³-hybridized carbons (Fsp3) is 0.400. The van der Waals surface area contributed by atoms with Crippen LogP contribution in [0.3, 0.4) is 0 Å². The second-order valence-corrected chi connectivity index (χ2v) is 8.23. The molecule has 2 aromatic rings. The largest absolute Gasteiger partial charge is 0.497 e. The van der Waals surface area contributed by atoms with Crippen LogP contribution >= 0.6 is 0 Å². The molecule has 4 heterocycles. The Balaban J connectivity index is 1.65. The lowest BCUT2D eigenvalue weighted by molar-refractivity contribution is -0.154. The van der Waals surface area contributed by atoms with Crippen LogP contribution in [0.2, 0.25) is 0 Å². The number of methoxy groups -OCH3 is 1. The number of pyridine rings is 1. The first-order chi connectivity index (χ1) is 15.1. The van der Waals surface area contributed by atoms with Gasteiger partial charge in [0.1, 0.15) is 18.1 Å². The second-order valence-electron chi connectivity index (χ2n) is 8.23. The van der Waals surface area contributed by atoms with E-state index in [-0.39, 0.29) is 18.1 Å². The number of fused-ring (bicyclic) bond motifs is 4. The summed E-state index contributed by atoms with van der Waals surface area (Å²) in [6.45, 7) is 3.39.